The van der Waals surface area contributed by atoms with Crippen LogP contribution in [0.4, 0.5) is 0 Å². The highest BCUT2D eigenvalue weighted by atomic mass is 32.1. The van der Waals surface area contributed by atoms with Crippen LogP contribution in [0.2, 0.25) is 0 Å². The molecule has 0 amide bonds. The lowest BCUT2D eigenvalue weighted by molar-refractivity contribution is 0.0696. The highest BCUT2D eigenvalue weighted by Gasteiger charge is 2.11. The summed E-state index contributed by atoms with van der Waals surface area (Å²) < 4.78 is 0. The van der Waals surface area contributed by atoms with Gasteiger partial charge in [0, 0.05) is 10.9 Å². The number of carbonyl (C=O) groups is 1. The van der Waals surface area contributed by atoms with Crippen molar-refractivity contribution in [3.8, 4) is 17.0 Å². The Morgan fingerprint density at radius 3 is 2.67 bits per heavy atom. The fraction of sp³-hybridized carbons (Fsp3) is 0. The molecule has 0 atom stereocenters. The summed E-state index contributed by atoms with van der Waals surface area (Å²) in [7, 11) is 0. The lowest BCUT2D eigenvalue weighted by Crippen LogP contribution is -1.94. The number of hydrogen-bond acceptors (Lipinski definition) is 4. The van der Waals surface area contributed by atoms with Crippen molar-refractivity contribution in [1.82, 2.24) is 4.98 Å². The Labute approximate surface area is 89.5 Å². The van der Waals surface area contributed by atoms with Crippen molar-refractivity contribution in [2.75, 3.05) is 0 Å². The SMILES string of the molecule is O=C(O)c1nc(-c2ccccc2O)cs1. The Morgan fingerprint density at radius 1 is 1.33 bits per heavy atom. The molecule has 2 rings (SSSR count). The summed E-state index contributed by atoms with van der Waals surface area (Å²) in [5, 5.41) is 19.9. The van der Waals surface area contributed by atoms with Gasteiger partial charge in [0.2, 0.25) is 5.01 Å². The minimum atomic E-state index is -1.05. The van der Waals surface area contributed by atoms with E-state index in [4.69, 9.17) is 5.11 Å². The molecule has 0 saturated heterocycles. The Balaban J connectivity index is 2.46. The van der Waals surface area contributed by atoms with E-state index in [1.54, 1.807) is 23.6 Å². The third-order valence-electron chi connectivity index (χ3n) is 1.87. The normalized spacial score (nSPS) is 10.1. The number of thiazole rings is 1. The molecule has 0 fully saturated rings. The average molecular weight is 221 g/mol. The number of aromatic hydroxyl groups is 1. The van der Waals surface area contributed by atoms with Gasteiger partial charge in [-0.3, -0.25) is 0 Å². The number of para-hydroxylation sites is 1. The molecule has 1 aromatic carbocycles. The van der Waals surface area contributed by atoms with Gasteiger partial charge in [0.15, 0.2) is 0 Å². The maximum absolute atomic E-state index is 10.6. The molecule has 15 heavy (non-hydrogen) atoms. The lowest BCUT2D eigenvalue weighted by atomic mass is 10.1. The monoisotopic (exact) mass is 221 g/mol. The smallest absolute Gasteiger partial charge is 0.365 e. The van der Waals surface area contributed by atoms with Crippen LogP contribution in [-0.2, 0) is 0 Å². The van der Waals surface area contributed by atoms with Crippen LogP contribution in [0, 0.1) is 0 Å². The molecule has 4 nitrogen and oxygen atoms in total. The largest absolute Gasteiger partial charge is 0.507 e. The summed E-state index contributed by atoms with van der Waals surface area (Å²) >= 11 is 1.04. The summed E-state index contributed by atoms with van der Waals surface area (Å²) in [6.07, 6.45) is 0. The second kappa shape index (κ2) is 3.70. The maximum atomic E-state index is 10.6. The highest BCUT2D eigenvalue weighted by molar-refractivity contribution is 7.11. The topological polar surface area (TPSA) is 70.4 Å². The molecule has 76 valence electrons. The molecule has 0 radical (unpaired) electrons. The van der Waals surface area contributed by atoms with Crippen molar-refractivity contribution in [1.29, 1.82) is 0 Å². The van der Waals surface area contributed by atoms with Crippen LogP contribution < -0.4 is 0 Å². The number of benzene rings is 1. The quantitative estimate of drug-likeness (QED) is 0.815. The molecule has 0 aliphatic rings. The fourth-order valence-corrected chi connectivity index (χ4v) is 1.84. The van der Waals surface area contributed by atoms with Crippen molar-refractivity contribution in [2.45, 2.75) is 0 Å². The van der Waals surface area contributed by atoms with Crippen LogP contribution in [0.15, 0.2) is 29.6 Å². The Hall–Kier alpha value is -1.88. The van der Waals surface area contributed by atoms with Crippen LogP contribution in [0.5, 0.6) is 5.75 Å². The molecule has 1 aromatic heterocycles. The van der Waals surface area contributed by atoms with Gasteiger partial charge in [0.25, 0.3) is 0 Å². The summed E-state index contributed by atoms with van der Waals surface area (Å²) in [5.41, 5.74) is 1.02. The summed E-state index contributed by atoms with van der Waals surface area (Å²) in [5.74, 6) is -0.957. The molecular weight excluding hydrogens is 214 g/mol. The molecule has 2 aromatic rings. The van der Waals surface area contributed by atoms with E-state index in [0.717, 1.165) is 11.3 Å². The Bertz CT molecular complexity index is 507. The van der Waals surface area contributed by atoms with Crippen LogP contribution >= 0.6 is 11.3 Å². The van der Waals surface area contributed by atoms with Gasteiger partial charge in [-0.15, -0.1) is 11.3 Å². The first-order valence-electron chi connectivity index (χ1n) is 4.15. The molecule has 0 saturated carbocycles. The molecule has 0 bridgehead atoms. The third-order valence-corrected chi connectivity index (χ3v) is 2.70. The van der Waals surface area contributed by atoms with Crippen molar-refractivity contribution in [3.05, 3.63) is 34.7 Å². The zero-order valence-corrected chi connectivity index (χ0v) is 8.36. The van der Waals surface area contributed by atoms with E-state index >= 15 is 0 Å². The van der Waals surface area contributed by atoms with Gasteiger partial charge >= 0.3 is 5.97 Å². The van der Waals surface area contributed by atoms with Gasteiger partial charge < -0.3 is 10.2 Å². The first-order valence-corrected chi connectivity index (χ1v) is 5.03. The van der Waals surface area contributed by atoms with Crippen molar-refractivity contribution in [3.63, 3.8) is 0 Å². The van der Waals surface area contributed by atoms with E-state index < -0.39 is 5.97 Å². The van der Waals surface area contributed by atoms with Gasteiger partial charge in [0.05, 0.1) is 5.69 Å². The fourth-order valence-electron chi connectivity index (χ4n) is 1.19. The number of rotatable bonds is 2. The minimum Gasteiger partial charge on any atom is -0.507 e. The molecule has 0 aliphatic carbocycles. The lowest BCUT2D eigenvalue weighted by Gasteiger charge is -1.98. The van der Waals surface area contributed by atoms with E-state index in [9.17, 15) is 9.90 Å². The van der Waals surface area contributed by atoms with E-state index in [1.165, 1.54) is 6.07 Å². The number of hydrogen-bond donors (Lipinski definition) is 2. The third kappa shape index (κ3) is 1.82. The maximum Gasteiger partial charge on any atom is 0.365 e. The van der Waals surface area contributed by atoms with Gasteiger partial charge in [-0.25, -0.2) is 9.78 Å². The minimum absolute atomic E-state index is 0.0215. The van der Waals surface area contributed by atoms with Crippen molar-refractivity contribution < 1.29 is 15.0 Å². The number of phenolic OH excluding ortho intramolecular Hbond substituents is 1. The standard InChI is InChI=1S/C10H7NO3S/c12-8-4-2-1-3-6(8)7-5-15-9(11-7)10(13)14/h1-5,12H,(H,13,14). The zero-order valence-electron chi connectivity index (χ0n) is 7.54. The summed E-state index contributed by atoms with van der Waals surface area (Å²) in [6, 6.07) is 6.68. The van der Waals surface area contributed by atoms with E-state index in [0.29, 0.717) is 11.3 Å². The number of aromatic nitrogens is 1. The molecular formula is C10H7NO3S. The second-order valence-electron chi connectivity index (χ2n) is 2.86. The molecule has 2 N–H and O–H groups in total. The van der Waals surface area contributed by atoms with Gasteiger partial charge in [-0.1, -0.05) is 12.1 Å². The van der Waals surface area contributed by atoms with Gasteiger partial charge in [-0.05, 0) is 12.1 Å². The Kier molecular flexibility index (Phi) is 2.39. The molecule has 1 heterocycles. The molecule has 5 heteroatoms. The highest BCUT2D eigenvalue weighted by Crippen LogP contribution is 2.29. The van der Waals surface area contributed by atoms with Gasteiger partial charge in [0.1, 0.15) is 5.75 Å². The number of phenols is 1. The first kappa shape index (κ1) is 9.67. The Morgan fingerprint density at radius 2 is 2.07 bits per heavy atom. The van der Waals surface area contributed by atoms with Crippen molar-refractivity contribution >= 4 is 17.3 Å². The molecule has 0 spiro atoms. The van der Waals surface area contributed by atoms with Gasteiger partial charge in [-0.2, -0.15) is 0 Å². The summed E-state index contributed by atoms with van der Waals surface area (Å²) in [4.78, 5) is 14.5. The van der Waals surface area contributed by atoms with Crippen molar-refractivity contribution in [2.24, 2.45) is 0 Å². The predicted molar refractivity (Wildman–Crippen MR) is 56.2 cm³/mol. The van der Waals surface area contributed by atoms with Crippen LogP contribution in [0.3, 0.4) is 0 Å². The number of carboxylic acid groups (broad SMARTS) is 1. The van der Waals surface area contributed by atoms with Crippen LogP contribution in [-0.4, -0.2) is 21.2 Å². The van der Waals surface area contributed by atoms with E-state index in [2.05, 4.69) is 4.98 Å². The molecule has 0 aliphatic heterocycles. The molecule has 0 unspecified atom stereocenters. The number of aromatic carboxylic acids is 1. The number of nitrogens with zero attached hydrogens (tertiary/aromatic N) is 1. The second-order valence-corrected chi connectivity index (χ2v) is 3.72. The zero-order chi connectivity index (χ0) is 10.8. The first-order chi connectivity index (χ1) is 7.18. The average Bonchev–Trinajstić information content (AvgIpc) is 2.67. The van der Waals surface area contributed by atoms with Crippen LogP contribution in [0.25, 0.3) is 11.3 Å². The van der Waals surface area contributed by atoms with E-state index in [-0.39, 0.29) is 10.8 Å². The van der Waals surface area contributed by atoms with Crippen LogP contribution in [0.1, 0.15) is 9.80 Å². The van der Waals surface area contributed by atoms with E-state index in [1.807, 2.05) is 0 Å². The number of carboxylic acids is 1. The predicted octanol–water partition coefficient (Wildman–Crippen LogP) is 2.21. The summed E-state index contributed by atoms with van der Waals surface area (Å²) in [6.45, 7) is 0.